The zero-order valence-electron chi connectivity index (χ0n) is 15.9. The van der Waals surface area contributed by atoms with Crippen molar-refractivity contribution in [1.82, 2.24) is 14.3 Å². The Bertz CT molecular complexity index is 979. The Labute approximate surface area is 173 Å². The lowest BCUT2D eigenvalue weighted by Gasteiger charge is -2.21. The highest BCUT2D eigenvalue weighted by molar-refractivity contribution is 6.36. The predicted molar refractivity (Wildman–Crippen MR) is 111 cm³/mol. The summed E-state index contributed by atoms with van der Waals surface area (Å²) >= 11 is 12.5. The number of carbonyl (C=O) groups is 1. The minimum Gasteiger partial charge on any atom is -0.342 e. The van der Waals surface area contributed by atoms with Crippen LogP contribution in [-0.2, 0) is 11.2 Å². The number of pyridine rings is 1. The van der Waals surface area contributed by atoms with Crippen LogP contribution in [0.5, 0.6) is 0 Å². The number of hydrogen-bond donors (Lipinski definition) is 0. The number of nitrogens with zero attached hydrogens (tertiary/aromatic N) is 3. The van der Waals surface area contributed by atoms with Crippen molar-refractivity contribution in [3.05, 3.63) is 58.1 Å². The largest absolute Gasteiger partial charge is 0.342 e. The first-order chi connectivity index (χ1) is 13.4. The van der Waals surface area contributed by atoms with Gasteiger partial charge in [-0.2, -0.15) is 0 Å². The smallest absolute Gasteiger partial charge is 0.228 e. The van der Waals surface area contributed by atoms with E-state index in [9.17, 15) is 9.18 Å². The molecule has 1 amide bonds. The summed E-state index contributed by atoms with van der Waals surface area (Å²) in [4.78, 5) is 19.5. The molecular weight excluding hydrogens is 400 g/mol. The van der Waals surface area contributed by atoms with Crippen molar-refractivity contribution >= 4 is 34.8 Å². The first-order valence-corrected chi connectivity index (χ1v) is 10.1. The molecule has 0 aliphatic carbocycles. The van der Waals surface area contributed by atoms with Gasteiger partial charge in [0, 0.05) is 24.8 Å². The van der Waals surface area contributed by atoms with Crippen LogP contribution in [0.25, 0.3) is 16.9 Å². The maximum Gasteiger partial charge on any atom is 0.228 e. The zero-order valence-corrected chi connectivity index (χ0v) is 17.4. The van der Waals surface area contributed by atoms with Gasteiger partial charge in [0.25, 0.3) is 0 Å². The third-order valence-corrected chi connectivity index (χ3v) is 5.00. The molecule has 0 radical (unpaired) electrons. The topological polar surface area (TPSA) is 37.6 Å². The Morgan fingerprint density at radius 2 is 1.79 bits per heavy atom. The summed E-state index contributed by atoms with van der Waals surface area (Å²) in [5.74, 6) is -0.312. The van der Waals surface area contributed by atoms with Crippen LogP contribution >= 0.6 is 23.2 Å². The van der Waals surface area contributed by atoms with Gasteiger partial charge in [-0.3, -0.25) is 4.79 Å². The van der Waals surface area contributed by atoms with Crippen LogP contribution in [0.4, 0.5) is 4.39 Å². The first kappa shape index (κ1) is 20.6. The van der Waals surface area contributed by atoms with Crippen LogP contribution in [-0.4, -0.2) is 33.3 Å². The highest BCUT2D eigenvalue weighted by atomic mass is 35.5. The van der Waals surface area contributed by atoms with E-state index < -0.39 is 0 Å². The van der Waals surface area contributed by atoms with E-state index in [1.54, 1.807) is 28.8 Å². The molecule has 1 aromatic carbocycles. The standard InChI is InChI=1S/C21H22Cl2FN3O/c1-3-9-26(10-4-2)19(28)12-18-20(14-5-7-16(24)8-6-14)25-21-17(23)11-15(22)13-27(18)21/h5-8,11,13H,3-4,9-10,12H2,1-2H3. The third-order valence-electron chi connectivity index (χ3n) is 4.52. The van der Waals surface area contributed by atoms with E-state index in [4.69, 9.17) is 23.2 Å². The molecule has 3 rings (SSSR count). The summed E-state index contributed by atoms with van der Waals surface area (Å²) in [6.45, 7) is 5.51. The molecule has 2 heterocycles. The number of rotatable bonds is 7. The van der Waals surface area contributed by atoms with Crippen molar-refractivity contribution in [3.63, 3.8) is 0 Å². The van der Waals surface area contributed by atoms with Crippen LogP contribution in [0.15, 0.2) is 36.5 Å². The Morgan fingerprint density at radius 1 is 1.14 bits per heavy atom. The molecule has 0 atom stereocenters. The molecule has 0 fully saturated rings. The number of hydrogen-bond acceptors (Lipinski definition) is 2. The molecule has 7 heteroatoms. The number of aromatic nitrogens is 2. The summed E-state index contributed by atoms with van der Waals surface area (Å²) in [5, 5.41) is 0.849. The fourth-order valence-corrected chi connectivity index (χ4v) is 3.80. The summed E-state index contributed by atoms with van der Waals surface area (Å²) in [5.41, 5.74) is 2.53. The lowest BCUT2D eigenvalue weighted by molar-refractivity contribution is -0.130. The molecule has 2 aromatic heterocycles. The Hall–Kier alpha value is -2.11. The highest BCUT2D eigenvalue weighted by Gasteiger charge is 2.21. The zero-order chi connectivity index (χ0) is 20.3. The van der Waals surface area contributed by atoms with Gasteiger partial charge in [0.15, 0.2) is 5.65 Å². The molecular formula is C21H22Cl2FN3O. The van der Waals surface area contributed by atoms with Gasteiger partial charge in [0.2, 0.25) is 5.91 Å². The van der Waals surface area contributed by atoms with Gasteiger partial charge in [-0.05, 0) is 43.2 Å². The number of carbonyl (C=O) groups excluding carboxylic acids is 1. The van der Waals surface area contributed by atoms with Crippen LogP contribution in [0, 0.1) is 5.82 Å². The molecule has 0 bridgehead atoms. The van der Waals surface area contributed by atoms with Crippen molar-refractivity contribution in [2.24, 2.45) is 0 Å². The van der Waals surface area contributed by atoms with Gasteiger partial charge in [-0.25, -0.2) is 9.37 Å². The maximum absolute atomic E-state index is 13.4. The monoisotopic (exact) mass is 421 g/mol. The number of benzene rings is 1. The minimum atomic E-state index is -0.330. The van der Waals surface area contributed by atoms with E-state index in [2.05, 4.69) is 4.98 Å². The Morgan fingerprint density at radius 3 is 2.39 bits per heavy atom. The summed E-state index contributed by atoms with van der Waals surface area (Å²) in [7, 11) is 0. The first-order valence-electron chi connectivity index (χ1n) is 9.34. The van der Waals surface area contributed by atoms with Crippen molar-refractivity contribution < 1.29 is 9.18 Å². The molecule has 0 spiro atoms. The van der Waals surface area contributed by atoms with E-state index in [0.29, 0.717) is 40.2 Å². The average molecular weight is 422 g/mol. The van der Waals surface area contributed by atoms with Gasteiger partial charge in [0.05, 0.1) is 27.9 Å². The maximum atomic E-state index is 13.4. The highest BCUT2D eigenvalue weighted by Crippen LogP contribution is 2.30. The van der Waals surface area contributed by atoms with E-state index in [0.717, 1.165) is 18.4 Å². The minimum absolute atomic E-state index is 0.0185. The molecule has 0 saturated carbocycles. The van der Waals surface area contributed by atoms with Gasteiger partial charge in [-0.15, -0.1) is 0 Å². The van der Waals surface area contributed by atoms with Gasteiger partial charge in [-0.1, -0.05) is 37.0 Å². The number of fused-ring (bicyclic) bond motifs is 1. The quantitative estimate of drug-likeness (QED) is 0.494. The summed E-state index contributed by atoms with van der Waals surface area (Å²) < 4.78 is 15.1. The second kappa shape index (κ2) is 8.93. The van der Waals surface area contributed by atoms with Crippen LogP contribution in [0.1, 0.15) is 32.4 Å². The number of imidazole rings is 1. The molecule has 4 nitrogen and oxygen atoms in total. The molecule has 3 aromatic rings. The Kier molecular flexibility index (Phi) is 6.57. The van der Waals surface area contributed by atoms with Gasteiger partial charge in [0.1, 0.15) is 5.82 Å². The van der Waals surface area contributed by atoms with Crippen LogP contribution in [0.2, 0.25) is 10.0 Å². The van der Waals surface area contributed by atoms with E-state index >= 15 is 0 Å². The lowest BCUT2D eigenvalue weighted by atomic mass is 10.1. The average Bonchev–Trinajstić information content (AvgIpc) is 3.01. The third kappa shape index (κ3) is 4.31. The molecule has 148 valence electrons. The molecule has 28 heavy (non-hydrogen) atoms. The normalized spacial score (nSPS) is 11.2. The second-order valence-electron chi connectivity index (χ2n) is 6.67. The van der Waals surface area contributed by atoms with Crippen molar-refractivity contribution in [2.75, 3.05) is 13.1 Å². The van der Waals surface area contributed by atoms with E-state index in [1.165, 1.54) is 12.1 Å². The second-order valence-corrected chi connectivity index (χ2v) is 7.52. The van der Waals surface area contributed by atoms with Crippen molar-refractivity contribution in [2.45, 2.75) is 33.1 Å². The van der Waals surface area contributed by atoms with Crippen molar-refractivity contribution in [1.29, 1.82) is 0 Å². The summed E-state index contributed by atoms with van der Waals surface area (Å²) in [6.07, 6.45) is 3.64. The Balaban J connectivity index is 2.11. The van der Waals surface area contributed by atoms with E-state index in [-0.39, 0.29) is 18.1 Å². The lowest BCUT2D eigenvalue weighted by Crippen LogP contribution is -2.34. The van der Waals surface area contributed by atoms with Crippen molar-refractivity contribution in [3.8, 4) is 11.3 Å². The molecule has 0 saturated heterocycles. The molecule has 0 N–H and O–H groups in total. The predicted octanol–water partition coefficient (Wildman–Crippen LogP) is 5.64. The van der Waals surface area contributed by atoms with Gasteiger partial charge < -0.3 is 9.30 Å². The van der Waals surface area contributed by atoms with Crippen LogP contribution < -0.4 is 0 Å². The molecule has 0 unspecified atom stereocenters. The molecule has 0 aliphatic rings. The van der Waals surface area contributed by atoms with E-state index in [1.807, 2.05) is 18.7 Å². The van der Waals surface area contributed by atoms with Gasteiger partial charge >= 0.3 is 0 Å². The fourth-order valence-electron chi connectivity index (χ4n) is 3.28. The molecule has 0 aliphatic heterocycles. The fraction of sp³-hybridized carbons (Fsp3) is 0.333. The summed E-state index contributed by atoms with van der Waals surface area (Å²) in [6, 6.07) is 7.67. The number of amides is 1. The number of halogens is 3. The van der Waals surface area contributed by atoms with Crippen LogP contribution in [0.3, 0.4) is 0 Å². The SMILES string of the molecule is CCCN(CCC)C(=O)Cc1c(-c2ccc(F)cc2)nc2c(Cl)cc(Cl)cn12.